The summed E-state index contributed by atoms with van der Waals surface area (Å²) < 4.78 is 6.66. The maximum atomic E-state index is 6.02. The Morgan fingerprint density at radius 2 is 1.71 bits per heavy atom. The van der Waals surface area contributed by atoms with Crippen molar-refractivity contribution in [1.29, 1.82) is 0 Å². The van der Waals surface area contributed by atoms with Gasteiger partial charge in [0.2, 0.25) is 0 Å². The molecule has 0 bridgehead atoms. The molecule has 0 saturated carbocycles. The third-order valence-corrected chi connectivity index (χ3v) is 3.55. The lowest BCUT2D eigenvalue weighted by molar-refractivity contribution is 0.306. The molecular weight excluding hydrogens is 323 g/mol. The number of benzene rings is 2. The zero-order chi connectivity index (χ0) is 12.3. The van der Waals surface area contributed by atoms with Crippen LogP contribution in [-0.4, -0.2) is 0 Å². The number of hydrogen-bond donors (Lipinski definition) is 0. The topological polar surface area (TPSA) is 9.23 Å². The van der Waals surface area contributed by atoms with Crippen LogP contribution in [0.2, 0.25) is 10.0 Å². The maximum absolute atomic E-state index is 6.02. The van der Waals surface area contributed by atoms with Crippen molar-refractivity contribution in [2.45, 2.75) is 6.61 Å². The van der Waals surface area contributed by atoms with Gasteiger partial charge in [-0.05, 0) is 29.8 Å². The smallest absolute Gasteiger partial charge is 0.139 e. The predicted molar refractivity (Wildman–Crippen MR) is 74.9 cm³/mol. The molecule has 0 aliphatic heterocycles. The Morgan fingerprint density at radius 3 is 2.41 bits per heavy atom. The molecule has 2 aromatic carbocycles. The van der Waals surface area contributed by atoms with Crippen molar-refractivity contribution < 1.29 is 4.74 Å². The molecule has 0 aliphatic rings. The number of hydrogen-bond acceptors (Lipinski definition) is 1. The van der Waals surface area contributed by atoms with E-state index in [9.17, 15) is 0 Å². The van der Waals surface area contributed by atoms with Gasteiger partial charge in [-0.1, -0.05) is 57.3 Å². The minimum absolute atomic E-state index is 0.450. The van der Waals surface area contributed by atoms with Crippen molar-refractivity contribution in [3.63, 3.8) is 0 Å². The Hall–Kier alpha value is -0.700. The van der Waals surface area contributed by atoms with Crippen LogP contribution in [0.4, 0.5) is 0 Å². The van der Waals surface area contributed by atoms with Crippen LogP contribution >= 0.6 is 39.1 Å². The van der Waals surface area contributed by atoms with E-state index < -0.39 is 0 Å². The molecule has 2 aromatic rings. The van der Waals surface area contributed by atoms with Crippen LogP contribution in [0, 0.1) is 0 Å². The highest BCUT2D eigenvalue weighted by molar-refractivity contribution is 9.10. The van der Waals surface area contributed by atoms with Crippen LogP contribution in [0.5, 0.6) is 5.75 Å². The summed E-state index contributed by atoms with van der Waals surface area (Å²) in [6.07, 6.45) is 0. The van der Waals surface area contributed by atoms with Gasteiger partial charge in [0, 0.05) is 4.47 Å². The Labute approximate surface area is 118 Å². The highest BCUT2D eigenvalue weighted by Gasteiger charge is 2.05. The first kappa shape index (κ1) is 12.7. The molecule has 4 heteroatoms. The molecule has 0 aromatic heterocycles. The SMILES string of the molecule is Clc1cccc(OCc2ccc(Br)cc2)c1Cl. The van der Waals surface area contributed by atoms with E-state index in [2.05, 4.69) is 15.9 Å². The van der Waals surface area contributed by atoms with Crippen LogP contribution in [0.1, 0.15) is 5.56 Å². The van der Waals surface area contributed by atoms with Gasteiger partial charge in [0.25, 0.3) is 0 Å². The number of ether oxygens (including phenoxy) is 1. The summed E-state index contributed by atoms with van der Waals surface area (Å²) in [6, 6.07) is 13.3. The Balaban J connectivity index is 2.07. The second-order valence-electron chi connectivity index (χ2n) is 3.47. The molecular formula is C13H9BrCl2O. The molecule has 0 heterocycles. The maximum Gasteiger partial charge on any atom is 0.139 e. The summed E-state index contributed by atoms with van der Waals surface area (Å²) in [4.78, 5) is 0. The van der Waals surface area contributed by atoms with Crippen molar-refractivity contribution in [2.24, 2.45) is 0 Å². The molecule has 0 aliphatic carbocycles. The molecule has 0 N–H and O–H groups in total. The first-order valence-corrected chi connectivity index (χ1v) is 6.53. The van der Waals surface area contributed by atoms with Crippen molar-refractivity contribution in [2.75, 3.05) is 0 Å². The fourth-order valence-corrected chi connectivity index (χ4v) is 1.95. The molecule has 0 fully saturated rings. The fourth-order valence-electron chi connectivity index (χ4n) is 1.34. The van der Waals surface area contributed by atoms with Crippen LogP contribution in [0.15, 0.2) is 46.9 Å². The summed E-state index contributed by atoms with van der Waals surface area (Å²) in [7, 11) is 0. The van der Waals surface area contributed by atoms with E-state index in [4.69, 9.17) is 27.9 Å². The third kappa shape index (κ3) is 3.38. The van der Waals surface area contributed by atoms with Crippen molar-refractivity contribution >= 4 is 39.1 Å². The van der Waals surface area contributed by atoms with Crippen molar-refractivity contribution in [1.82, 2.24) is 0 Å². The van der Waals surface area contributed by atoms with Gasteiger partial charge in [0.05, 0.1) is 5.02 Å². The first-order valence-electron chi connectivity index (χ1n) is 4.98. The molecule has 0 amide bonds. The van der Waals surface area contributed by atoms with Crippen LogP contribution < -0.4 is 4.74 Å². The van der Waals surface area contributed by atoms with E-state index in [0.29, 0.717) is 22.4 Å². The number of halogens is 3. The van der Waals surface area contributed by atoms with E-state index in [1.54, 1.807) is 12.1 Å². The average Bonchev–Trinajstić information content (AvgIpc) is 2.33. The monoisotopic (exact) mass is 330 g/mol. The summed E-state index contributed by atoms with van der Waals surface area (Å²) in [5.41, 5.74) is 1.07. The molecule has 0 radical (unpaired) electrons. The molecule has 0 spiro atoms. The summed E-state index contributed by atoms with van der Waals surface area (Å²) in [6.45, 7) is 0.466. The Kier molecular flexibility index (Phi) is 4.32. The summed E-state index contributed by atoms with van der Waals surface area (Å²) in [5.74, 6) is 0.599. The minimum Gasteiger partial charge on any atom is -0.487 e. The standard InChI is InChI=1S/C13H9BrCl2O/c14-10-6-4-9(5-7-10)8-17-12-3-1-2-11(15)13(12)16/h1-7H,8H2. The Bertz CT molecular complexity index is 511. The van der Waals surface area contributed by atoms with Crippen LogP contribution in [0.25, 0.3) is 0 Å². The molecule has 88 valence electrons. The molecule has 17 heavy (non-hydrogen) atoms. The van der Waals surface area contributed by atoms with Gasteiger partial charge in [0.15, 0.2) is 0 Å². The van der Waals surface area contributed by atoms with Gasteiger partial charge in [-0.2, -0.15) is 0 Å². The molecule has 0 unspecified atom stereocenters. The van der Waals surface area contributed by atoms with Gasteiger partial charge in [-0.3, -0.25) is 0 Å². The second kappa shape index (κ2) is 5.76. The predicted octanol–water partition coefficient (Wildman–Crippen LogP) is 5.33. The highest BCUT2D eigenvalue weighted by atomic mass is 79.9. The normalized spacial score (nSPS) is 10.3. The lowest BCUT2D eigenvalue weighted by Gasteiger charge is -2.08. The minimum atomic E-state index is 0.450. The largest absolute Gasteiger partial charge is 0.487 e. The van der Waals surface area contributed by atoms with Crippen LogP contribution in [0.3, 0.4) is 0 Å². The molecule has 1 nitrogen and oxygen atoms in total. The van der Waals surface area contributed by atoms with Gasteiger partial charge in [-0.25, -0.2) is 0 Å². The average molecular weight is 332 g/mol. The molecule has 2 rings (SSSR count). The summed E-state index contributed by atoms with van der Waals surface area (Å²) >= 11 is 15.3. The first-order chi connectivity index (χ1) is 8.16. The quantitative estimate of drug-likeness (QED) is 0.738. The second-order valence-corrected chi connectivity index (χ2v) is 5.17. The number of rotatable bonds is 3. The highest BCUT2D eigenvalue weighted by Crippen LogP contribution is 2.31. The lowest BCUT2D eigenvalue weighted by atomic mass is 10.2. The van der Waals surface area contributed by atoms with E-state index in [1.165, 1.54) is 0 Å². The van der Waals surface area contributed by atoms with Crippen LogP contribution in [-0.2, 0) is 6.61 Å². The summed E-state index contributed by atoms with van der Waals surface area (Å²) in [5, 5.41) is 0.950. The zero-order valence-corrected chi connectivity index (χ0v) is 11.9. The molecule has 0 saturated heterocycles. The van der Waals surface area contributed by atoms with E-state index >= 15 is 0 Å². The van der Waals surface area contributed by atoms with E-state index in [1.807, 2.05) is 30.3 Å². The van der Waals surface area contributed by atoms with E-state index in [0.717, 1.165) is 10.0 Å². The molecule has 0 atom stereocenters. The van der Waals surface area contributed by atoms with Crippen molar-refractivity contribution in [3.05, 3.63) is 62.5 Å². The van der Waals surface area contributed by atoms with Gasteiger partial charge in [-0.15, -0.1) is 0 Å². The van der Waals surface area contributed by atoms with Crippen molar-refractivity contribution in [3.8, 4) is 5.75 Å². The van der Waals surface area contributed by atoms with Gasteiger partial charge >= 0.3 is 0 Å². The Morgan fingerprint density at radius 1 is 1.00 bits per heavy atom. The zero-order valence-electron chi connectivity index (χ0n) is 8.79. The van der Waals surface area contributed by atoms with Gasteiger partial charge in [0.1, 0.15) is 17.4 Å². The third-order valence-electron chi connectivity index (χ3n) is 2.22. The fraction of sp³-hybridized carbons (Fsp3) is 0.0769. The van der Waals surface area contributed by atoms with Gasteiger partial charge < -0.3 is 4.74 Å². The van der Waals surface area contributed by atoms with E-state index in [-0.39, 0.29) is 0 Å². The lowest BCUT2D eigenvalue weighted by Crippen LogP contribution is -1.95.